The van der Waals surface area contributed by atoms with E-state index >= 15 is 0 Å². The van der Waals surface area contributed by atoms with E-state index in [1.807, 2.05) is 37.3 Å². The van der Waals surface area contributed by atoms with Gasteiger partial charge in [-0.2, -0.15) is 5.26 Å². The van der Waals surface area contributed by atoms with Crippen molar-refractivity contribution in [2.75, 3.05) is 4.90 Å². The SMILES string of the molecule is C=Cc1cc(CN2C(=O)CC(c3nnc(C4CC4)o3)=C(Br)c3ccc(C#N)cc32)ccc1C. The van der Waals surface area contributed by atoms with E-state index in [-0.39, 0.29) is 12.3 Å². The number of amides is 1. The highest BCUT2D eigenvalue weighted by Crippen LogP contribution is 2.44. The van der Waals surface area contributed by atoms with E-state index in [4.69, 9.17) is 4.42 Å². The molecule has 6 nitrogen and oxygen atoms in total. The van der Waals surface area contributed by atoms with Crippen molar-refractivity contribution < 1.29 is 9.21 Å². The second-order valence-electron chi connectivity index (χ2n) is 8.41. The van der Waals surface area contributed by atoms with E-state index < -0.39 is 0 Å². The number of rotatable bonds is 5. The van der Waals surface area contributed by atoms with Gasteiger partial charge in [-0.3, -0.25) is 4.79 Å². The van der Waals surface area contributed by atoms with Gasteiger partial charge in [-0.1, -0.05) is 30.9 Å². The van der Waals surface area contributed by atoms with Crippen LogP contribution in [-0.2, 0) is 11.3 Å². The molecule has 1 aromatic heterocycles. The van der Waals surface area contributed by atoms with Crippen LogP contribution in [0, 0.1) is 18.3 Å². The minimum absolute atomic E-state index is 0.101. The predicted molar refractivity (Wildman–Crippen MR) is 130 cm³/mol. The third-order valence-electron chi connectivity index (χ3n) is 6.08. The van der Waals surface area contributed by atoms with Gasteiger partial charge < -0.3 is 9.32 Å². The van der Waals surface area contributed by atoms with Crippen molar-refractivity contribution in [1.29, 1.82) is 5.26 Å². The van der Waals surface area contributed by atoms with Gasteiger partial charge >= 0.3 is 0 Å². The molecule has 1 fully saturated rings. The van der Waals surface area contributed by atoms with Gasteiger partial charge in [0.15, 0.2) is 0 Å². The summed E-state index contributed by atoms with van der Waals surface area (Å²) in [5.41, 5.74) is 5.74. The molecule has 0 saturated heterocycles. The van der Waals surface area contributed by atoms with Crippen molar-refractivity contribution in [3.8, 4) is 6.07 Å². The maximum atomic E-state index is 13.6. The van der Waals surface area contributed by atoms with Crippen molar-refractivity contribution in [3.63, 3.8) is 0 Å². The number of anilines is 1. The van der Waals surface area contributed by atoms with E-state index in [2.05, 4.69) is 38.8 Å². The van der Waals surface area contributed by atoms with Crippen molar-refractivity contribution in [2.24, 2.45) is 0 Å². The molecule has 0 unspecified atom stereocenters. The molecule has 0 atom stereocenters. The fourth-order valence-electron chi connectivity index (χ4n) is 4.02. The zero-order chi connectivity index (χ0) is 23.1. The quantitative estimate of drug-likeness (QED) is 0.430. The number of benzene rings is 2. The molecule has 2 aliphatic rings. The summed E-state index contributed by atoms with van der Waals surface area (Å²) in [5, 5.41) is 17.9. The van der Waals surface area contributed by atoms with Crippen LogP contribution in [0.2, 0.25) is 0 Å². The topological polar surface area (TPSA) is 83.0 Å². The number of halogens is 1. The molecule has 0 radical (unpaired) electrons. The second-order valence-corrected chi connectivity index (χ2v) is 9.20. The number of carbonyl (C=O) groups excluding carboxylic acids is 1. The number of hydrogen-bond acceptors (Lipinski definition) is 5. The number of aryl methyl sites for hydroxylation is 1. The highest BCUT2D eigenvalue weighted by atomic mass is 79.9. The largest absolute Gasteiger partial charge is 0.421 e. The minimum atomic E-state index is -0.109. The average Bonchev–Trinajstić information content (AvgIpc) is 3.58. The van der Waals surface area contributed by atoms with Crippen LogP contribution in [-0.4, -0.2) is 16.1 Å². The summed E-state index contributed by atoms with van der Waals surface area (Å²) in [6.07, 6.45) is 4.02. The molecule has 0 N–H and O–H groups in total. The lowest BCUT2D eigenvalue weighted by Crippen LogP contribution is -2.30. The number of carbonyl (C=O) groups is 1. The van der Waals surface area contributed by atoms with Gasteiger partial charge in [-0.05, 0) is 70.6 Å². The van der Waals surface area contributed by atoms with Crippen LogP contribution in [0.3, 0.4) is 0 Å². The summed E-state index contributed by atoms with van der Waals surface area (Å²) >= 11 is 3.70. The Morgan fingerprint density at radius 3 is 2.82 bits per heavy atom. The molecular formula is C26H21BrN4O2. The van der Waals surface area contributed by atoms with Crippen LogP contribution >= 0.6 is 15.9 Å². The monoisotopic (exact) mass is 500 g/mol. The highest BCUT2D eigenvalue weighted by Gasteiger charge is 2.33. The summed E-state index contributed by atoms with van der Waals surface area (Å²) in [6, 6.07) is 13.6. The zero-order valence-electron chi connectivity index (χ0n) is 18.1. The molecule has 0 bridgehead atoms. The Morgan fingerprint density at radius 2 is 2.09 bits per heavy atom. The molecule has 0 spiro atoms. The molecule has 3 aromatic rings. The number of nitriles is 1. The molecule has 1 aliphatic heterocycles. The van der Waals surface area contributed by atoms with Gasteiger partial charge in [-0.15, -0.1) is 10.2 Å². The summed E-state index contributed by atoms with van der Waals surface area (Å²) in [6.45, 7) is 6.28. The van der Waals surface area contributed by atoms with E-state index in [1.165, 1.54) is 0 Å². The lowest BCUT2D eigenvalue weighted by Gasteiger charge is -2.24. The maximum Gasteiger partial charge on any atom is 0.245 e. The molecular weight excluding hydrogens is 480 g/mol. The maximum absolute atomic E-state index is 13.6. The lowest BCUT2D eigenvalue weighted by atomic mass is 10.0. The van der Waals surface area contributed by atoms with Gasteiger partial charge in [0.25, 0.3) is 0 Å². The number of aromatic nitrogens is 2. The predicted octanol–water partition coefficient (Wildman–Crippen LogP) is 5.97. The smallest absolute Gasteiger partial charge is 0.245 e. The first-order valence-corrected chi connectivity index (χ1v) is 11.6. The Bertz CT molecular complexity index is 1360. The van der Waals surface area contributed by atoms with Crippen molar-refractivity contribution in [3.05, 3.63) is 82.6 Å². The highest BCUT2D eigenvalue weighted by molar-refractivity contribution is 9.15. The second kappa shape index (κ2) is 8.45. The van der Waals surface area contributed by atoms with Crippen molar-refractivity contribution in [1.82, 2.24) is 10.2 Å². The Labute approximate surface area is 200 Å². The number of fused-ring (bicyclic) bond motifs is 1. The van der Waals surface area contributed by atoms with E-state index in [9.17, 15) is 10.1 Å². The van der Waals surface area contributed by atoms with Crippen LogP contribution in [0.4, 0.5) is 5.69 Å². The third kappa shape index (κ3) is 4.03. The van der Waals surface area contributed by atoms with Gasteiger partial charge in [0.1, 0.15) is 0 Å². The molecule has 2 heterocycles. The van der Waals surface area contributed by atoms with Gasteiger partial charge in [0, 0.05) is 21.5 Å². The standard InChI is InChI=1S/C26H21BrN4O2/c1-3-18-10-17(5-4-15(18)2)14-31-22-11-16(13-28)6-9-20(22)24(27)21(12-23(31)32)26-30-29-25(33-26)19-7-8-19/h3-6,9-11,19H,1,7-8,12,14H2,2H3. The fourth-order valence-corrected chi connectivity index (χ4v) is 4.66. The molecule has 164 valence electrons. The normalized spacial score (nSPS) is 15.8. The first kappa shape index (κ1) is 21.4. The Morgan fingerprint density at radius 1 is 1.27 bits per heavy atom. The van der Waals surface area contributed by atoms with Gasteiger partial charge in [0.05, 0.1) is 30.3 Å². The zero-order valence-corrected chi connectivity index (χ0v) is 19.7. The van der Waals surface area contributed by atoms with Crippen LogP contribution in [0.1, 0.15) is 64.8 Å². The Hall–Kier alpha value is -3.50. The molecule has 2 aromatic carbocycles. The first-order chi connectivity index (χ1) is 16.0. The summed E-state index contributed by atoms with van der Waals surface area (Å²) in [7, 11) is 0. The van der Waals surface area contributed by atoms with Crippen LogP contribution in [0.25, 0.3) is 16.1 Å². The van der Waals surface area contributed by atoms with Gasteiger partial charge in [0.2, 0.25) is 17.7 Å². The summed E-state index contributed by atoms with van der Waals surface area (Å²) in [4.78, 5) is 15.3. The third-order valence-corrected chi connectivity index (χ3v) is 6.98. The Balaban J connectivity index is 1.59. The molecule has 7 heteroatoms. The van der Waals surface area contributed by atoms with E-state index in [0.717, 1.165) is 39.6 Å². The van der Waals surface area contributed by atoms with E-state index in [1.54, 1.807) is 17.0 Å². The van der Waals surface area contributed by atoms with Crippen LogP contribution in [0.5, 0.6) is 0 Å². The van der Waals surface area contributed by atoms with Crippen LogP contribution < -0.4 is 4.90 Å². The van der Waals surface area contributed by atoms with Crippen LogP contribution in [0.15, 0.2) is 47.4 Å². The summed E-state index contributed by atoms with van der Waals surface area (Å²) in [5.74, 6) is 1.21. The minimum Gasteiger partial charge on any atom is -0.421 e. The lowest BCUT2D eigenvalue weighted by molar-refractivity contribution is -0.117. The Kier molecular flexibility index (Phi) is 5.47. The first-order valence-electron chi connectivity index (χ1n) is 10.8. The van der Waals surface area contributed by atoms with Crippen molar-refractivity contribution >= 4 is 43.7 Å². The van der Waals surface area contributed by atoms with Crippen molar-refractivity contribution in [2.45, 2.75) is 38.6 Å². The number of hydrogen-bond donors (Lipinski definition) is 0. The molecule has 1 saturated carbocycles. The number of nitrogens with zero attached hydrogens (tertiary/aromatic N) is 4. The van der Waals surface area contributed by atoms with E-state index in [0.29, 0.717) is 41.1 Å². The molecule has 1 amide bonds. The fraction of sp³-hybridized carbons (Fsp3) is 0.231. The molecule has 1 aliphatic carbocycles. The van der Waals surface area contributed by atoms with Gasteiger partial charge in [-0.25, -0.2) is 0 Å². The molecule has 5 rings (SSSR count). The average molecular weight is 501 g/mol. The summed E-state index contributed by atoms with van der Waals surface area (Å²) < 4.78 is 6.66. The molecule has 33 heavy (non-hydrogen) atoms.